The lowest BCUT2D eigenvalue weighted by molar-refractivity contribution is -0.148. The van der Waals surface area contributed by atoms with Crippen molar-refractivity contribution in [2.45, 2.75) is 25.9 Å². The Kier molecular flexibility index (Phi) is 7.56. The largest absolute Gasteiger partial charge is 0.508 e. The first-order chi connectivity index (χ1) is 18.4. The van der Waals surface area contributed by atoms with E-state index in [9.17, 15) is 9.90 Å². The molecule has 0 radical (unpaired) electrons. The van der Waals surface area contributed by atoms with E-state index in [0.29, 0.717) is 18.2 Å². The Morgan fingerprint density at radius 1 is 0.947 bits per heavy atom. The maximum atomic E-state index is 11.5. The van der Waals surface area contributed by atoms with E-state index in [2.05, 4.69) is 24.3 Å². The average Bonchev–Trinajstić information content (AvgIpc) is 3.61. The van der Waals surface area contributed by atoms with Crippen molar-refractivity contribution in [3.63, 3.8) is 0 Å². The number of aromatic hydroxyl groups is 1. The summed E-state index contributed by atoms with van der Waals surface area (Å²) in [5.74, 6) is 2.56. The summed E-state index contributed by atoms with van der Waals surface area (Å²) in [5.41, 5.74) is 5.55. The number of carbonyl (C=O) groups excluding carboxylic acids is 1. The number of hydrogen-bond acceptors (Lipinski definition) is 7. The first-order valence-electron chi connectivity index (χ1n) is 12.9. The van der Waals surface area contributed by atoms with Crippen molar-refractivity contribution in [2.75, 3.05) is 34.0 Å². The molecule has 1 unspecified atom stereocenters. The highest BCUT2D eigenvalue weighted by Gasteiger charge is 2.31. The highest BCUT2D eigenvalue weighted by atomic mass is 16.7. The summed E-state index contributed by atoms with van der Waals surface area (Å²) in [6.07, 6.45) is 1.88. The quantitative estimate of drug-likeness (QED) is 0.288. The zero-order chi connectivity index (χ0) is 26.6. The number of benzene rings is 3. The van der Waals surface area contributed by atoms with Gasteiger partial charge >= 0.3 is 5.97 Å². The molecule has 1 heterocycles. The lowest BCUT2D eigenvalue weighted by Crippen LogP contribution is -2.34. The molecule has 7 nitrogen and oxygen atoms in total. The van der Waals surface area contributed by atoms with Crippen molar-refractivity contribution >= 4 is 17.1 Å². The number of allylic oxidation sites excluding steroid dienone is 1. The number of ether oxygens (including phenoxy) is 4. The summed E-state index contributed by atoms with van der Waals surface area (Å²) in [6, 6.07) is 21.5. The van der Waals surface area contributed by atoms with Crippen LogP contribution in [0.5, 0.6) is 23.0 Å². The van der Waals surface area contributed by atoms with Crippen molar-refractivity contribution in [2.24, 2.45) is 5.92 Å². The molecule has 1 atom stereocenters. The Bertz CT molecular complexity index is 1310. The Morgan fingerprint density at radius 2 is 1.58 bits per heavy atom. The Labute approximate surface area is 223 Å². The molecule has 3 aromatic rings. The second-order valence-electron chi connectivity index (χ2n) is 10.0. The van der Waals surface area contributed by atoms with E-state index < -0.39 is 0 Å². The summed E-state index contributed by atoms with van der Waals surface area (Å²) >= 11 is 0. The van der Waals surface area contributed by atoms with Crippen LogP contribution in [-0.2, 0) is 9.53 Å². The minimum Gasteiger partial charge on any atom is -0.508 e. The second kappa shape index (κ2) is 11.2. The first-order valence-corrected chi connectivity index (χ1v) is 12.9. The molecule has 198 valence electrons. The zero-order valence-corrected chi connectivity index (χ0v) is 22.0. The molecule has 38 heavy (non-hydrogen) atoms. The van der Waals surface area contributed by atoms with Gasteiger partial charge in [-0.05, 0) is 97.1 Å². The SMILES string of the molecule is CC(=O)OC(COc1ccc(C(=C(c2ccc3c(c2)OCO3)C2CC2)c2ccc(O)cc2)cc1)CN(C)C. The van der Waals surface area contributed by atoms with Gasteiger partial charge in [0.25, 0.3) is 0 Å². The number of esters is 1. The highest BCUT2D eigenvalue weighted by Crippen LogP contribution is 2.49. The first kappa shape index (κ1) is 25.7. The van der Waals surface area contributed by atoms with Gasteiger partial charge in [-0.25, -0.2) is 0 Å². The summed E-state index contributed by atoms with van der Waals surface area (Å²) in [7, 11) is 3.86. The molecule has 1 fully saturated rings. The lowest BCUT2D eigenvalue weighted by Gasteiger charge is -2.21. The molecule has 0 amide bonds. The van der Waals surface area contributed by atoms with Gasteiger partial charge in [0.1, 0.15) is 24.2 Å². The molecular weight excluding hydrogens is 482 g/mol. The molecule has 0 aromatic heterocycles. The van der Waals surface area contributed by atoms with Crippen molar-refractivity contribution in [3.8, 4) is 23.0 Å². The predicted molar refractivity (Wildman–Crippen MR) is 145 cm³/mol. The van der Waals surface area contributed by atoms with Crippen LogP contribution in [0.3, 0.4) is 0 Å². The molecule has 3 aromatic carbocycles. The summed E-state index contributed by atoms with van der Waals surface area (Å²) < 4.78 is 22.6. The van der Waals surface area contributed by atoms with Crippen molar-refractivity contribution in [3.05, 3.63) is 83.4 Å². The van der Waals surface area contributed by atoms with Gasteiger partial charge in [-0.1, -0.05) is 30.3 Å². The van der Waals surface area contributed by atoms with Crippen molar-refractivity contribution in [1.82, 2.24) is 4.90 Å². The Balaban J connectivity index is 1.48. The van der Waals surface area contributed by atoms with E-state index in [0.717, 1.165) is 46.6 Å². The number of carbonyl (C=O) groups is 1. The van der Waals surface area contributed by atoms with Gasteiger partial charge in [0, 0.05) is 13.5 Å². The van der Waals surface area contributed by atoms with Crippen LogP contribution in [-0.4, -0.2) is 56.1 Å². The van der Waals surface area contributed by atoms with Gasteiger partial charge in [-0.3, -0.25) is 4.79 Å². The highest BCUT2D eigenvalue weighted by molar-refractivity contribution is 6.00. The monoisotopic (exact) mass is 515 g/mol. The number of phenols is 1. The Hall–Kier alpha value is -3.97. The second-order valence-corrected chi connectivity index (χ2v) is 10.0. The normalized spacial score (nSPS) is 15.7. The fourth-order valence-electron chi connectivity index (χ4n) is 4.80. The summed E-state index contributed by atoms with van der Waals surface area (Å²) in [4.78, 5) is 13.5. The molecule has 0 saturated heterocycles. The van der Waals surface area contributed by atoms with Crippen LogP contribution in [0.1, 0.15) is 36.5 Å². The number of fused-ring (bicyclic) bond motifs is 1. The minimum atomic E-state index is -0.359. The van der Waals surface area contributed by atoms with Gasteiger partial charge in [-0.15, -0.1) is 0 Å². The molecule has 7 heteroatoms. The van der Waals surface area contributed by atoms with Gasteiger partial charge in [0.2, 0.25) is 6.79 Å². The fourth-order valence-corrected chi connectivity index (χ4v) is 4.80. The summed E-state index contributed by atoms with van der Waals surface area (Å²) in [6.45, 7) is 2.49. The number of hydrogen-bond donors (Lipinski definition) is 1. The standard InChI is InChI=1S/C31H33NO6/c1-20(33)38-27(17-32(2)3)18-35-26-13-8-23(9-14-26)30(22-6-11-25(34)12-7-22)31(21-4-5-21)24-10-15-28-29(16-24)37-19-36-28/h6-16,21,27,34H,4-5,17-19H2,1-3H3. The van der Waals surface area contributed by atoms with Crippen LogP contribution in [0.2, 0.25) is 0 Å². The average molecular weight is 516 g/mol. The van der Waals surface area contributed by atoms with Gasteiger partial charge in [0.05, 0.1) is 0 Å². The molecule has 1 aliphatic carbocycles. The van der Waals surface area contributed by atoms with Gasteiger partial charge in [-0.2, -0.15) is 0 Å². The maximum Gasteiger partial charge on any atom is 0.303 e. The fraction of sp³-hybridized carbons (Fsp3) is 0.323. The molecule has 2 aliphatic rings. The maximum absolute atomic E-state index is 11.5. The van der Waals surface area contributed by atoms with E-state index in [4.69, 9.17) is 18.9 Å². The van der Waals surface area contributed by atoms with Gasteiger partial charge < -0.3 is 29.0 Å². The number of likely N-dealkylation sites (N-methyl/N-ethyl adjacent to an activating group) is 1. The number of nitrogens with zero attached hydrogens (tertiary/aromatic N) is 1. The van der Waals surface area contributed by atoms with Crippen molar-refractivity contribution in [1.29, 1.82) is 0 Å². The van der Waals surface area contributed by atoms with Crippen LogP contribution in [0.15, 0.2) is 66.7 Å². The van der Waals surface area contributed by atoms with Gasteiger partial charge in [0.15, 0.2) is 11.5 Å². The third-order valence-corrected chi connectivity index (χ3v) is 6.57. The van der Waals surface area contributed by atoms with E-state index >= 15 is 0 Å². The number of rotatable bonds is 10. The third-order valence-electron chi connectivity index (χ3n) is 6.57. The smallest absolute Gasteiger partial charge is 0.303 e. The van der Waals surface area contributed by atoms with Crippen LogP contribution in [0.25, 0.3) is 11.1 Å². The van der Waals surface area contributed by atoms with Crippen LogP contribution in [0, 0.1) is 5.92 Å². The Morgan fingerprint density at radius 3 is 2.21 bits per heavy atom. The van der Waals surface area contributed by atoms with E-state index in [1.165, 1.54) is 12.5 Å². The minimum absolute atomic E-state index is 0.230. The molecule has 0 bridgehead atoms. The van der Waals surface area contributed by atoms with E-state index in [1.54, 1.807) is 12.1 Å². The molecule has 1 aliphatic heterocycles. The van der Waals surface area contributed by atoms with E-state index in [1.807, 2.05) is 49.3 Å². The third kappa shape index (κ3) is 6.11. The van der Waals surface area contributed by atoms with Crippen LogP contribution in [0.4, 0.5) is 0 Å². The summed E-state index contributed by atoms with van der Waals surface area (Å²) in [5, 5.41) is 9.94. The van der Waals surface area contributed by atoms with Crippen LogP contribution >= 0.6 is 0 Å². The zero-order valence-electron chi connectivity index (χ0n) is 22.0. The molecule has 1 saturated carbocycles. The molecule has 0 spiro atoms. The molecule has 1 N–H and O–H groups in total. The predicted octanol–water partition coefficient (Wildman–Crippen LogP) is 5.36. The lowest BCUT2D eigenvalue weighted by atomic mass is 9.87. The topological polar surface area (TPSA) is 77.5 Å². The number of phenolic OH excluding ortho intramolecular Hbond substituents is 1. The van der Waals surface area contributed by atoms with Crippen LogP contribution < -0.4 is 14.2 Å². The van der Waals surface area contributed by atoms with Crippen molar-refractivity contribution < 1.29 is 28.8 Å². The van der Waals surface area contributed by atoms with E-state index in [-0.39, 0.29) is 31.2 Å². The molecular formula is C31H33NO6. The molecule has 5 rings (SSSR count).